The summed E-state index contributed by atoms with van der Waals surface area (Å²) in [6, 6.07) is 17.2. The molecule has 0 spiro atoms. The first kappa shape index (κ1) is 23.5. The number of nitrogens with two attached hydrogens (primary N) is 1. The predicted octanol–water partition coefficient (Wildman–Crippen LogP) is 3.62. The minimum absolute atomic E-state index is 0.143. The van der Waals surface area contributed by atoms with Crippen molar-refractivity contribution in [1.29, 1.82) is 0 Å². The Hall–Kier alpha value is -3.66. The number of aliphatic hydroxyl groups excluding tert-OH is 1. The second-order valence-corrected chi connectivity index (χ2v) is 9.49. The molecule has 1 fully saturated rings. The number of Topliss-reactive ketones (excluding diaryl/α,β-unsaturated/α-hetero) is 1. The van der Waals surface area contributed by atoms with E-state index >= 15 is 0 Å². The van der Waals surface area contributed by atoms with Crippen molar-refractivity contribution in [3.63, 3.8) is 0 Å². The maximum atomic E-state index is 13.2. The second kappa shape index (κ2) is 8.94. The molecular formula is C24H19ClN2O6S. The molecular weight excluding hydrogens is 480 g/mol. The zero-order valence-corrected chi connectivity index (χ0v) is 19.4. The van der Waals surface area contributed by atoms with Gasteiger partial charge in [0.15, 0.2) is 0 Å². The van der Waals surface area contributed by atoms with E-state index in [-0.39, 0.29) is 21.7 Å². The average Bonchev–Trinajstić information content (AvgIpc) is 3.08. The summed E-state index contributed by atoms with van der Waals surface area (Å²) in [5.74, 6) is -1.70. The smallest absolute Gasteiger partial charge is 0.300 e. The maximum absolute atomic E-state index is 13.2. The molecule has 1 atom stereocenters. The number of anilines is 1. The summed E-state index contributed by atoms with van der Waals surface area (Å²) in [6.07, 6.45) is 0. The zero-order chi connectivity index (χ0) is 24.6. The normalized spacial score (nSPS) is 17.7. The number of ketones is 1. The third kappa shape index (κ3) is 4.28. The second-order valence-electron chi connectivity index (χ2n) is 7.49. The molecule has 3 N–H and O–H groups in total. The number of hydrogen-bond donors (Lipinski definition) is 2. The molecule has 3 aromatic rings. The van der Waals surface area contributed by atoms with Gasteiger partial charge in [-0.2, -0.15) is 0 Å². The molecule has 174 valence electrons. The Morgan fingerprint density at radius 2 is 1.71 bits per heavy atom. The van der Waals surface area contributed by atoms with Crippen LogP contribution in [0.4, 0.5) is 5.69 Å². The van der Waals surface area contributed by atoms with Gasteiger partial charge >= 0.3 is 0 Å². The van der Waals surface area contributed by atoms with Crippen LogP contribution in [0.5, 0.6) is 5.75 Å². The summed E-state index contributed by atoms with van der Waals surface area (Å²) in [5, 5.41) is 16.6. The molecule has 3 aromatic carbocycles. The van der Waals surface area contributed by atoms with Crippen LogP contribution < -0.4 is 14.8 Å². The van der Waals surface area contributed by atoms with Crippen LogP contribution in [0.15, 0.2) is 83.3 Å². The number of nitrogens with zero attached hydrogens (tertiary/aromatic N) is 1. The van der Waals surface area contributed by atoms with E-state index < -0.39 is 33.5 Å². The number of halogens is 1. The van der Waals surface area contributed by atoms with Gasteiger partial charge in [0.1, 0.15) is 11.5 Å². The highest BCUT2D eigenvalue weighted by Gasteiger charge is 2.47. The fourth-order valence-corrected chi connectivity index (χ4v) is 4.52. The molecule has 0 bridgehead atoms. The van der Waals surface area contributed by atoms with Crippen LogP contribution in [0.3, 0.4) is 0 Å². The molecule has 34 heavy (non-hydrogen) atoms. The monoisotopic (exact) mass is 498 g/mol. The van der Waals surface area contributed by atoms with Crippen molar-refractivity contribution >= 4 is 44.8 Å². The number of hydrogen-bond acceptors (Lipinski definition) is 6. The van der Waals surface area contributed by atoms with Crippen molar-refractivity contribution in [2.45, 2.75) is 10.9 Å². The van der Waals surface area contributed by atoms with E-state index in [1.807, 2.05) is 0 Å². The summed E-state index contributed by atoms with van der Waals surface area (Å²) in [7, 11) is -2.47. The number of primary sulfonamides is 1. The molecule has 1 amide bonds. The molecule has 1 aliphatic heterocycles. The summed E-state index contributed by atoms with van der Waals surface area (Å²) in [6.45, 7) is 0. The number of benzene rings is 3. The minimum Gasteiger partial charge on any atom is -0.507 e. The highest BCUT2D eigenvalue weighted by molar-refractivity contribution is 7.89. The Bertz CT molecular complexity index is 1430. The van der Waals surface area contributed by atoms with Crippen LogP contribution in [-0.2, 0) is 19.6 Å². The van der Waals surface area contributed by atoms with Gasteiger partial charge < -0.3 is 9.84 Å². The Morgan fingerprint density at radius 3 is 2.32 bits per heavy atom. The number of ether oxygens (including phenoxy) is 1. The first-order valence-corrected chi connectivity index (χ1v) is 11.9. The van der Waals surface area contributed by atoms with Gasteiger partial charge in [-0.05, 0) is 54.1 Å². The van der Waals surface area contributed by atoms with Crippen molar-refractivity contribution in [1.82, 2.24) is 0 Å². The third-order valence-corrected chi connectivity index (χ3v) is 6.56. The average molecular weight is 499 g/mol. The first-order chi connectivity index (χ1) is 16.1. The van der Waals surface area contributed by atoms with Crippen molar-refractivity contribution in [2.24, 2.45) is 5.14 Å². The number of sulfonamides is 1. The molecule has 0 saturated carbocycles. The lowest BCUT2D eigenvalue weighted by Crippen LogP contribution is -2.29. The van der Waals surface area contributed by atoms with Gasteiger partial charge in [0.05, 0.1) is 23.6 Å². The quantitative estimate of drug-likeness (QED) is 0.314. The lowest BCUT2D eigenvalue weighted by Gasteiger charge is -2.26. The van der Waals surface area contributed by atoms with Crippen LogP contribution in [0.2, 0.25) is 5.02 Å². The highest BCUT2D eigenvalue weighted by atomic mass is 35.5. The first-order valence-electron chi connectivity index (χ1n) is 9.95. The third-order valence-electron chi connectivity index (χ3n) is 5.40. The summed E-state index contributed by atoms with van der Waals surface area (Å²) in [5.41, 5.74) is 0.865. The fourth-order valence-electron chi connectivity index (χ4n) is 3.81. The molecule has 0 radical (unpaired) electrons. The highest BCUT2D eigenvalue weighted by Crippen LogP contribution is 2.43. The number of carbonyl (C=O) groups excluding carboxylic acids is 2. The summed E-state index contributed by atoms with van der Waals surface area (Å²) < 4.78 is 28.6. The molecule has 0 aromatic heterocycles. The molecule has 1 saturated heterocycles. The van der Waals surface area contributed by atoms with Crippen LogP contribution in [0, 0.1) is 0 Å². The minimum atomic E-state index is -3.96. The van der Waals surface area contributed by atoms with E-state index in [4.69, 9.17) is 21.5 Å². The van der Waals surface area contributed by atoms with Crippen LogP contribution in [-0.4, -0.2) is 32.3 Å². The van der Waals surface area contributed by atoms with Gasteiger partial charge in [-0.15, -0.1) is 0 Å². The number of rotatable bonds is 5. The Morgan fingerprint density at radius 1 is 1.03 bits per heavy atom. The zero-order valence-electron chi connectivity index (χ0n) is 17.8. The molecule has 8 nitrogen and oxygen atoms in total. The van der Waals surface area contributed by atoms with Gasteiger partial charge in [-0.25, -0.2) is 13.6 Å². The van der Waals surface area contributed by atoms with E-state index in [2.05, 4.69) is 0 Å². The Balaban J connectivity index is 1.94. The number of aliphatic hydroxyl groups is 1. The van der Waals surface area contributed by atoms with E-state index in [9.17, 15) is 23.1 Å². The van der Waals surface area contributed by atoms with Gasteiger partial charge in [-0.3, -0.25) is 14.5 Å². The number of methoxy groups -OCH3 is 1. The topological polar surface area (TPSA) is 127 Å². The molecule has 10 heteroatoms. The van der Waals surface area contributed by atoms with Crippen molar-refractivity contribution in [2.75, 3.05) is 12.0 Å². The number of amides is 1. The van der Waals surface area contributed by atoms with Crippen LogP contribution in [0.1, 0.15) is 17.2 Å². The lowest BCUT2D eigenvalue weighted by atomic mass is 9.95. The SMILES string of the molecule is COc1cccc(C2/C(=C(\O)c3cccc(Cl)c3)C(=O)C(=O)N2c2ccc(S(N)(=O)=O)cc2)c1. The van der Waals surface area contributed by atoms with Crippen molar-refractivity contribution in [3.05, 3.63) is 94.5 Å². The standard InChI is InChI=1S/C24H19ClN2O6S/c1-33-18-7-3-4-14(13-18)21-20(22(28)15-5-2-6-16(25)12-15)23(29)24(30)27(21)17-8-10-19(11-9-17)34(26,31)32/h2-13,21,28H,1H3,(H2,26,31,32)/b22-20+. The van der Waals surface area contributed by atoms with E-state index in [1.54, 1.807) is 42.5 Å². The number of carbonyl (C=O) groups is 2. The Kier molecular flexibility index (Phi) is 6.18. The molecule has 1 aliphatic rings. The van der Waals surface area contributed by atoms with E-state index in [0.717, 1.165) is 0 Å². The predicted molar refractivity (Wildman–Crippen MR) is 127 cm³/mol. The Labute approximate surface area is 200 Å². The van der Waals surface area contributed by atoms with Crippen molar-refractivity contribution < 1.29 is 27.9 Å². The van der Waals surface area contributed by atoms with Gasteiger partial charge in [-0.1, -0.05) is 35.9 Å². The summed E-state index contributed by atoms with van der Waals surface area (Å²) >= 11 is 6.06. The van der Waals surface area contributed by atoms with Gasteiger partial charge in [0, 0.05) is 16.3 Å². The fraction of sp³-hybridized carbons (Fsp3) is 0.0833. The van der Waals surface area contributed by atoms with Gasteiger partial charge in [0.2, 0.25) is 10.0 Å². The largest absolute Gasteiger partial charge is 0.507 e. The molecule has 1 heterocycles. The van der Waals surface area contributed by atoms with Crippen LogP contribution in [0.25, 0.3) is 5.76 Å². The maximum Gasteiger partial charge on any atom is 0.300 e. The summed E-state index contributed by atoms with van der Waals surface area (Å²) in [4.78, 5) is 27.4. The molecule has 0 aliphatic carbocycles. The van der Waals surface area contributed by atoms with Crippen molar-refractivity contribution in [3.8, 4) is 5.75 Å². The van der Waals surface area contributed by atoms with E-state index in [0.29, 0.717) is 16.3 Å². The van der Waals surface area contributed by atoms with E-state index in [1.165, 1.54) is 42.3 Å². The van der Waals surface area contributed by atoms with Crippen LogP contribution >= 0.6 is 11.6 Å². The molecule has 4 rings (SSSR count). The molecule has 1 unspecified atom stereocenters. The lowest BCUT2D eigenvalue weighted by molar-refractivity contribution is -0.132. The van der Waals surface area contributed by atoms with Gasteiger partial charge in [0.25, 0.3) is 11.7 Å².